The quantitative estimate of drug-likeness (QED) is 0.612. The Hall–Kier alpha value is -3.58. The number of carbonyl (C=O) groups is 2. The van der Waals surface area contributed by atoms with Gasteiger partial charge in [0.15, 0.2) is 0 Å². The molecule has 0 aliphatic carbocycles. The molecule has 0 atom stereocenters. The number of hydrogen-bond acceptors (Lipinski definition) is 4. The van der Waals surface area contributed by atoms with E-state index in [9.17, 15) is 24.2 Å². The largest absolute Gasteiger partial charge is 0.507 e. The van der Waals surface area contributed by atoms with Gasteiger partial charge >= 0.3 is 0 Å². The van der Waals surface area contributed by atoms with Crippen LogP contribution in [0.2, 0.25) is 5.02 Å². The second-order valence-electron chi connectivity index (χ2n) is 7.08. The van der Waals surface area contributed by atoms with E-state index in [1.165, 1.54) is 28.0 Å². The third kappa shape index (κ3) is 4.95. The molecule has 0 fully saturated rings. The predicted octanol–water partition coefficient (Wildman–Crippen LogP) is 4.44. The third-order valence-electron chi connectivity index (χ3n) is 4.63. The molecule has 0 saturated heterocycles. The van der Waals surface area contributed by atoms with E-state index in [4.69, 9.17) is 11.6 Å². The first-order valence-electron chi connectivity index (χ1n) is 9.27. The van der Waals surface area contributed by atoms with Crippen molar-refractivity contribution in [1.29, 1.82) is 0 Å². The first-order chi connectivity index (χ1) is 14.7. The molecule has 3 aromatic rings. The lowest BCUT2D eigenvalue weighted by Crippen LogP contribution is -2.30. The van der Waals surface area contributed by atoms with Gasteiger partial charge in [0.2, 0.25) is 0 Å². The zero-order valence-corrected chi connectivity index (χ0v) is 17.6. The Balaban J connectivity index is 2.02. The van der Waals surface area contributed by atoms with E-state index in [0.717, 1.165) is 6.07 Å². The van der Waals surface area contributed by atoms with E-state index in [1.807, 2.05) is 0 Å². The Bertz CT molecular complexity index is 1120. The zero-order chi connectivity index (χ0) is 22.7. The molecule has 160 valence electrons. The van der Waals surface area contributed by atoms with Gasteiger partial charge in [-0.1, -0.05) is 23.7 Å². The van der Waals surface area contributed by atoms with Gasteiger partial charge in [0.25, 0.3) is 11.8 Å². The highest BCUT2D eigenvalue weighted by molar-refractivity contribution is 6.32. The SMILES string of the molecule is CN(C)C(=O)c1ccc(N(Cc2ccc(F)cc2)C(=O)c2cc(Cl)c(O)cc2O)cc1. The standard InChI is InChI=1S/C23H20ClFN2O4/c1-26(2)22(30)15-5-9-17(10-6-15)27(13-14-3-7-16(25)8-4-14)23(31)18-11-19(24)21(29)12-20(18)28/h3-12,28-29H,13H2,1-2H3. The molecule has 0 unspecified atom stereocenters. The molecule has 0 saturated carbocycles. The van der Waals surface area contributed by atoms with Crippen molar-refractivity contribution in [1.82, 2.24) is 4.90 Å². The number of nitrogens with zero attached hydrogens (tertiary/aromatic N) is 2. The van der Waals surface area contributed by atoms with Gasteiger partial charge in [-0.25, -0.2) is 4.39 Å². The van der Waals surface area contributed by atoms with Crippen molar-refractivity contribution < 1.29 is 24.2 Å². The van der Waals surface area contributed by atoms with Gasteiger partial charge in [-0.2, -0.15) is 0 Å². The number of phenolic OH excluding ortho intramolecular Hbond substituents is 2. The van der Waals surface area contributed by atoms with Crippen LogP contribution in [0.5, 0.6) is 11.5 Å². The van der Waals surface area contributed by atoms with Crippen LogP contribution in [0.3, 0.4) is 0 Å². The fourth-order valence-electron chi connectivity index (χ4n) is 2.96. The number of benzene rings is 3. The Morgan fingerprint density at radius 1 is 0.903 bits per heavy atom. The normalized spacial score (nSPS) is 10.6. The Morgan fingerprint density at radius 2 is 1.52 bits per heavy atom. The monoisotopic (exact) mass is 442 g/mol. The number of rotatable bonds is 5. The van der Waals surface area contributed by atoms with E-state index in [0.29, 0.717) is 16.8 Å². The van der Waals surface area contributed by atoms with Crippen LogP contribution in [-0.4, -0.2) is 41.0 Å². The molecule has 2 N–H and O–H groups in total. The maximum absolute atomic E-state index is 13.3. The van der Waals surface area contributed by atoms with Gasteiger partial charge in [-0.3, -0.25) is 9.59 Å². The highest BCUT2D eigenvalue weighted by atomic mass is 35.5. The van der Waals surface area contributed by atoms with Crippen molar-refractivity contribution in [3.8, 4) is 11.5 Å². The molecule has 2 amide bonds. The lowest BCUT2D eigenvalue weighted by atomic mass is 10.1. The Labute approximate surface area is 183 Å². The van der Waals surface area contributed by atoms with Crippen molar-refractivity contribution in [2.24, 2.45) is 0 Å². The lowest BCUT2D eigenvalue weighted by molar-refractivity contribution is 0.0827. The van der Waals surface area contributed by atoms with Crippen LogP contribution in [0.4, 0.5) is 10.1 Å². The fraction of sp³-hybridized carbons (Fsp3) is 0.130. The maximum atomic E-state index is 13.3. The number of phenols is 2. The van der Waals surface area contributed by atoms with E-state index in [-0.39, 0.29) is 28.8 Å². The number of hydrogen-bond donors (Lipinski definition) is 2. The van der Waals surface area contributed by atoms with Gasteiger partial charge in [0.05, 0.1) is 17.1 Å². The smallest absolute Gasteiger partial charge is 0.262 e. The number of amides is 2. The first kappa shape index (κ1) is 22.1. The zero-order valence-electron chi connectivity index (χ0n) is 16.8. The van der Waals surface area contributed by atoms with Crippen LogP contribution in [0, 0.1) is 5.82 Å². The molecular weight excluding hydrogens is 423 g/mol. The number of carbonyl (C=O) groups excluding carboxylic acids is 2. The molecule has 0 radical (unpaired) electrons. The molecule has 0 spiro atoms. The molecule has 0 heterocycles. The number of aromatic hydroxyl groups is 2. The summed E-state index contributed by atoms with van der Waals surface area (Å²) in [5.74, 6) is -1.97. The van der Waals surface area contributed by atoms with Gasteiger partial charge in [-0.15, -0.1) is 0 Å². The third-order valence-corrected chi connectivity index (χ3v) is 4.93. The lowest BCUT2D eigenvalue weighted by Gasteiger charge is -2.24. The van der Waals surface area contributed by atoms with Crippen molar-refractivity contribution >= 4 is 29.1 Å². The minimum Gasteiger partial charge on any atom is -0.507 e. The van der Waals surface area contributed by atoms with Gasteiger partial charge in [0, 0.05) is 31.4 Å². The van der Waals surface area contributed by atoms with Gasteiger partial charge < -0.3 is 20.0 Å². The van der Waals surface area contributed by atoms with Gasteiger partial charge in [0.1, 0.15) is 17.3 Å². The molecule has 0 aliphatic heterocycles. The summed E-state index contributed by atoms with van der Waals surface area (Å²) < 4.78 is 13.3. The van der Waals surface area contributed by atoms with Crippen molar-refractivity contribution in [3.05, 3.63) is 88.2 Å². The summed E-state index contributed by atoms with van der Waals surface area (Å²) in [4.78, 5) is 28.3. The summed E-state index contributed by atoms with van der Waals surface area (Å²) in [6.45, 7) is 0.0675. The molecular formula is C23H20ClFN2O4. The van der Waals surface area contributed by atoms with Crippen molar-refractivity contribution in [2.75, 3.05) is 19.0 Å². The van der Waals surface area contributed by atoms with E-state index in [2.05, 4.69) is 0 Å². The predicted molar refractivity (Wildman–Crippen MR) is 116 cm³/mol. The Kier molecular flexibility index (Phi) is 6.46. The maximum Gasteiger partial charge on any atom is 0.262 e. The number of anilines is 1. The molecule has 31 heavy (non-hydrogen) atoms. The average Bonchev–Trinajstić information content (AvgIpc) is 2.75. The summed E-state index contributed by atoms with van der Waals surface area (Å²) in [6.07, 6.45) is 0. The van der Waals surface area contributed by atoms with Crippen LogP contribution in [0.1, 0.15) is 26.3 Å². The second kappa shape index (κ2) is 9.06. The van der Waals surface area contributed by atoms with Crippen LogP contribution in [-0.2, 0) is 6.54 Å². The van der Waals surface area contributed by atoms with Crippen LogP contribution in [0.25, 0.3) is 0 Å². The molecule has 8 heteroatoms. The highest BCUT2D eigenvalue weighted by Gasteiger charge is 2.23. The first-order valence-corrected chi connectivity index (χ1v) is 9.64. The molecule has 0 aliphatic rings. The summed E-state index contributed by atoms with van der Waals surface area (Å²) in [6, 6.07) is 14.2. The van der Waals surface area contributed by atoms with Crippen molar-refractivity contribution in [3.63, 3.8) is 0 Å². The van der Waals surface area contributed by atoms with Crippen molar-refractivity contribution in [2.45, 2.75) is 6.54 Å². The van der Waals surface area contributed by atoms with E-state index >= 15 is 0 Å². The minimum atomic E-state index is -0.588. The minimum absolute atomic E-state index is 0.0675. The molecule has 6 nitrogen and oxygen atoms in total. The highest BCUT2D eigenvalue weighted by Crippen LogP contribution is 2.33. The average molecular weight is 443 g/mol. The van der Waals surface area contributed by atoms with E-state index in [1.54, 1.807) is 50.5 Å². The molecule has 3 rings (SSSR count). The number of halogens is 2. The van der Waals surface area contributed by atoms with E-state index < -0.39 is 17.5 Å². The van der Waals surface area contributed by atoms with Crippen LogP contribution < -0.4 is 4.90 Å². The summed E-state index contributed by atoms with van der Waals surface area (Å²) in [5, 5.41) is 19.8. The van der Waals surface area contributed by atoms with Crippen LogP contribution >= 0.6 is 11.6 Å². The molecule has 0 bridgehead atoms. The summed E-state index contributed by atoms with van der Waals surface area (Å²) in [7, 11) is 3.27. The topological polar surface area (TPSA) is 81.1 Å². The van der Waals surface area contributed by atoms with Crippen LogP contribution in [0.15, 0.2) is 60.7 Å². The summed E-state index contributed by atoms with van der Waals surface area (Å²) >= 11 is 5.93. The second-order valence-corrected chi connectivity index (χ2v) is 7.49. The fourth-order valence-corrected chi connectivity index (χ4v) is 3.13. The Morgan fingerprint density at radius 3 is 2.10 bits per heavy atom. The molecule has 0 aromatic heterocycles. The summed E-state index contributed by atoms with van der Waals surface area (Å²) in [5.41, 5.74) is 1.43. The van der Waals surface area contributed by atoms with Gasteiger partial charge in [-0.05, 0) is 48.0 Å². The molecule has 3 aromatic carbocycles.